The van der Waals surface area contributed by atoms with Crippen LogP contribution in [0, 0.1) is 17.6 Å². The zero-order valence-electron chi connectivity index (χ0n) is 17.7. The van der Waals surface area contributed by atoms with Gasteiger partial charge in [0.1, 0.15) is 5.82 Å². The molecule has 0 unspecified atom stereocenters. The van der Waals surface area contributed by atoms with Crippen molar-refractivity contribution < 1.29 is 26.7 Å². The zero-order valence-corrected chi connectivity index (χ0v) is 19.3. The molecule has 182 valence electrons. The molecule has 1 heterocycles. The van der Waals surface area contributed by atoms with E-state index in [4.69, 9.17) is 23.2 Å². The van der Waals surface area contributed by atoms with Gasteiger partial charge >= 0.3 is 6.18 Å². The number of aryl methyl sites for hydroxylation is 1. The van der Waals surface area contributed by atoms with Crippen molar-refractivity contribution >= 4 is 51.8 Å². The van der Waals surface area contributed by atoms with Crippen molar-refractivity contribution in [3.05, 3.63) is 51.5 Å². The fraction of sp³-hybridized carbons (Fsp3) is 0.364. The van der Waals surface area contributed by atoms with Gasteiger partial charge in [-0.2, -0.15) is 13.2 Å². The van der Waals surface area contributed by atoms with Crippen molar-refractivity contribution in [2.24, 2.45) is 13.0 Å². The summed E-state index contributed by atoms with van der Waals surface area (Å²) in [6.45, 7) is 0. The fourth-order valence-electron chi connectivity index (χ4n) is 4.08. The van der Waals surface area contributed by atoms with Gasteiger partial charge in [-0.1, -0.05) is 23.2 Å². The number of amides is 1. The number of carbonyl (C=O) groups is 1. The molecule has 1 saturated carbocycles. The monoisotopic (exact) mass is 520 g/mol. The predicted molar refractivity (Wildman–Crippen MR) is 120 cm³/mol. The number of anilines is 2. The minimum Gasteiger partial charge on any atom is -0.349 e. The highest BCUT2D eigenvalue weighted by Crippen LogP contribution is 2.38. The summed E-state index contributed by atoms with van der Waals surface area (Å²) in [5.74, 6) is -3.60. The SMILES string of the molecule is Cn1c(Nc2c(Cl)ccc(Cl)c2F)nc2cc(C(=O)N[C@H]3CC[C@H](C(F)(F)F)CC3)c(F)cc21. The Morgan fingerprint density at radius 1 is 1.09 bits per heavy atom. The molecule has 1 aromatic heterocycles. The van der Waals surface area contributed by atoms with Crippen LogP contribution in [0.5, 0.6) is 0 Å². The molecule has 1 amide bonds. The minimum atomic E-state index is -4.25. The summed E-state index contributed by atoms with van der Waals surface area (Å²) in [6.07, 6.45) is -4.12. The number of halogens is 7. The van der Waals surface area contributed by atoms with Gasteiger partial charge in [0.05, 0.1) is 38.2 Å². The molecule has 0 aliphatic heterocycles. The van der Waals surface area contributed by atoms with Crippen LogP contribution in [-0.4, -0.2) is 27.7 Å². The van der Waals surface area contributed by atoms with E-state index in [0.717, 1.165) is 6.07 Å². The van der Waals surface area contributed by atoms with Gasteiger partial charge in [-0.05, 0) is 43.9 Å². The van der Waals surface area contributed by atoms with E-state index in [9.17, 15) is 26.7 Å². The highest BCUT2D eigenvalue weighted by molar-refractivity contribution is 6.35. The summed E-state index contributed by atoms with van der Waals surface area (Å²) in [6, 6.07) is 4.58. The fourth-order valence-corrected chi connectivity index (χ4v) is 4.43. The Labute approximate surface area is 201 Å². The number of imidazole rings is 1. The van der Waals surface area contributed by atoms with E-state index in [-0.39, 0.29) is 58.4 Å². The number of benzene rings is 2. The molecule has 0 atom stereocenters. The van der Waals surface area contributed by atoms with Gasteiger partial charge in [-0.3, -0.25) is 4.79 Å². The molecule has 5 nitrogen and oxygen atoms in total. The number of alkyl halides is 3. The van der Waals surface area contributed by atoms with Gasteiger partial charge in [-0.15, -0.1) is 0 Å². The maximum Gasteiger partial charge on any atom is 0.391 e. The van der Waals surface area contributed by atoms with E-state index >= 15 is 0 Å². The lowest BCUT2D eigenvalue weighted by Crippen LogP contribution is -2.40. The number of carbonyl (C=O) groups excluding carboxylic acids is 1. The summed E-state index contributed by atoms with van der Waals surface area (Å²) in [4.78, 5) is 17.0. The summed E-state index contributed by atoms with van der Waals surface area (Å²) in [5, 5.41) is 5.25. The Hall–Kier alpha value is -2.59. The molecule has 0 radical (unpaired) electrons. The van der Waals surface area contributed by atoms with Crippen LogP contribution in [0.1, 0.15) is 36.0 Å². The lowest BCUT2D eigenvalue weighted by molar-refractivity contribution is -0.182. The van der Waals surface area contributed by atoms with Crippen molar-refractivity contribution in [2.45, 2.75) is 37.9 Å². The summed E-state index contributed by atoms with van der Waals surface area (Å²) in [7, 11) is 1.56. The van der Waals surface area contributed by atoms with Crippen LogP contribution >= 0.6 is 23.2 Å². The van der Waals surface area contributed by atoms with E-state index in [1.54, 1.807) is 7.05 Å². The first-order valence-corrected chi connectivity index (χ1v) is 11.2. The third-order valence-corrected chi connectivity index (χ3v) is 6.63. The molecule has 4 rings (SSSR count). The van der Waals surface area contributed by atoms with E-state index in [2.05, 4.69) is 15.6 Å². The number of rotatable bonds is 4. The topological polar surface area (TPSA) is 59.0 Å². The summed E-state index contributed by atoms with van der Waals surface area (Å²) < 4.78 is 69.2. The van der Waals surface area contributed by atoms with Crippen LogP contribution in [0.2, 0.25) is 10.0 Å². The molecule has 1 aliphatic carbocycles. The Bertz CT molecular complexity index is 1250. The smallest absolute Gasteiger partial charge is 0.349 e. The van der Waals surface area contributed by atoms with E-state index < -0.39 is 35.7 Å². The Morgan fingerprint density at radius 3 is 2.38 bits per heavy atom. The van der Waals surface area contributed by atoms with Crippen LogP contribution in [0.25, 0.3) is 11.0 Å². The number of hydrogen-bond acceptors (Lipinski definition) is 3. The van der Waals surface area contributed by atoms with Crippen molar-refractivity contribution in [2.75, 3.05) is 5.32 Å². The first kappa shape index (κ1) is 24.5. The molecule has 1 aliphatic rings. The van der Waals surface area contributed by atoms with Crippen LogP contribution in [-0.2, 0) is 7.05 Å². The van der Waals surface area contributed by atoms with Gasteiger partial charge in [-0.25, -0.2) is 13.8 Å². The molecule has 34 heavy (non-hydrogen) atoms. The van der Waals surface area contributed by atoms with E-state index in [1.165, 1.54) is 22.8 Å². The van der Waals surface area contributed by atoms with Crippen LogP contribution in [0.15, 0.2) is 24.3 Å². The predicted octanol–water partition coefficient (Wildman–Crippen LogP) is 6.75. The lowest BCUT2D eigenvalue weighted by Gasteiger charge is -2.30. The number of nitrogens with one attached hydrogen (secondary N) is 2. The van der Waals surface area contributed by atoms with Crippen molar-refractivity contribution in [1.29, 1.82) is 0 Å². The third kappa shape index (κ3) is 4.79. The average molecular weight is 521 g/mol. The number of aromatic nitrogens is 2. The highest BCUT2D eigenvalue weighted by Gasteiger charge is 2.41. The van der Waals surface area contributed by atoms with Crippen molar-refractivity contribution in [1.82, 2.24) is 14.9 Å². The second kappa shape index (κ2) is 9.22. The number of fused-ring (bicyclic) bond motifs is 1. The summed E-state index contributed by atoms with van der Waals surface area (Å²) >= 11 is 11.9. The lowest BCUT2D eigenvalue weighted by atomic mass is 9.85. The van der Waals surface area contributed by atoms with Crippen LogP contribution < -0.4 is 10.6 Å². The largest absolute Gasteiger partial charge is 0.391 e. The quantitative estimate of drug-likeness (QED) is 0.295. The number of nitrogens with zero attached hydrogens (tertiary/aromatic N) is 2. The average Bonchev–Trinajstić information content (AvgIpc) is 3.07. The molecule has 12 heteroatoms. The molecule has 2 N–H and O–H groups in total. The van der Waals surface area contributed by atoms with Crippen molar-refractivity contribution in [3.63, 3.8) is 0 Å². The molecule has 0 spiro atoms. The van der Waals surface area contributed by atoms with Gasteiger partial charge in [0.15, 0.2) is 5.82 Å². The second-order valence-electron chi connectivity index (χ2n) is 8.22. The van der Waals surface area contributed by atoms with E-state index in [1.807, 2.05) is 0 Å². The maximum atomic E-state index is 14.8. The first-order valence-electron chi connectivity index (χ1n) is 10.4. The molecule has 1 fully saturated rings. The second-order valence-corrected chi connectivity index (χ2v) is 9.04. The molecule has 2 aromatic carbocycles. The van der Waals surface area contributed by atoms with Crippen molar-refractivity contribution in [3.8, 4) is 0 Å². The van der Waals surface area contributed by atoms with E-state index in [0.29, 0.717) is 5.52 Å². The summed E-state index contributed by atoms with van der Waals surface area (Å²) in [5.41, 5.74) is 0.166. The molecule has 0 saturated heterocycles. The highest BCUT2D eigenvalue weighted by atomic mass is 35.5. The zero-order chi connectivity index (χ0) is 24.8. The van der Waals surface area contributed by atoms with Crippen LogP contribution in [0.3, 0.4) is 0 Å². The van der Waals surface area contributed by atoms with Gasteiger partial charge in [0.25, 0.3) is 5.91 Å². The Kier molecular flexibility index (Phi) is 6.65. The van der Waals surface area contributed by atoms with Gasteiger partial charge < -0.3 is 15.2 Å². The van der Waals surface area contributed by atoms with Gasteiger partial charge in [0.2, 0.25) is 5.95 Å². The Balaban J connectivity index is 1.55. The maximum absolute atomic E-state index is 14.8. The standard InChI is InChI=1S/C22H19Cl2F5N4O/c1-33-17-9-15(25)12(20(34)30-11-4-2-10(3-5-11)22(27,28)29)8-16(17)31-21(33)32-19-14(24)7-6-13(23)18(19)26/h6-11H,2-5H2,1H3,(H,30,34)(H,31,32)/t10-,11-. The third-order valence-electron chi connectivity index (χ3n) is 6.02. The first-order chi connectivity index (χ1) is 16.0. The molecule has 3 aromatic rings. The molecular weight excluding hydrogens is 502 g/mol. The van der Waals surface area contributed by atoms with Gasteiger partial charge in [0, 0.05) is 19.2 Å². The minimum absolute atomic E-state index is 0.0560. The molecule has 0 bridgehead atoms. The Morgan fingerprint density at radius 2 is 1.74 bits per heavy atom. The van der Waals surface area contributed by atoms with Crippen LogP contribution in [0.4, 0.5) is 33.6 Å². The molecular formula is C22H19Cl2F5N4O. The number of hydrogen-bond donors (Lipinski definition) is 2. The normalized spacial score (nSPS) is 18.8.